The molecule has 166 valence electrons. The number of thioether (sulfide) groups is 1. The molecule has 0 fully saturated rings. The van der Waals surface area contributed by atoms with Gasteiger partial charge in [0.25, 0.3) is 11.1 Å². The maximum Gasteiger partial charge on any atom is 0.332 e. The van der Waals surface area contributed by atoms with Gasteiger partial charge in [0.1, 0.15) is 22.1 Å². The van der Waals surface area contributed by atoms with Crippen molar-refractivity contribution in [3.63, 3.8) is 0 Å². The molecule has 0 saturated carbocycles. The SMILES string of the molecule is Cc1nc(S[C@H](C)c2nc3ccccc3c(=O)[nH]2)c2c(=O)n(C)c(=O)n(CC(C)C)c2n1. The third-order valence-electron chi connectivity index (χ3n) is 5.11. The van der Waals surface area contributed by atoms with Gasteiger partial charge in [0.05, 0.1) is 16.2 Å². The lowest BCUT2D eigenvalue weighted by atomic mass is 10.2. The van der Waals surface area contributed by atoms with Crippen LogP contribution in [-0.4, -0.2) is 29.1 Å². The Labute approximate surface area is 187 Å². The van der Waals surface area contributed by atoms with E-state index < -0.39 is 11.2 Å². The van der Waals surface area contributed by atoms with E-state index in [0.29, 0.717) is 45.2 Å². The molecule has 1 atom stereocenters. The molecule has 3 heterocycles. The van der Waals surface area contributed by atoms with Crippen molar-refractivity contribution < 1.29 is 0 Å². The summed E-state index contributed by atoms with van der Waals surface area (Å²) in [7, 11) is 1.46. The molecule has 32 heavy (non-hydrogen) atoms. The summed E-state index contributed by atoms with van der Waals surface area (Å²) < 4.78 is 2.62. The summed E-state index contributed by atoms with van der Waals surface area (Å²) >= 11 is 1.30. The van der Waals surface area contributed by atoms with Crippen LogP contribution in [0.15, 0.2) is 43.7 Å². The third-order valence-corrected chi connectivity index (χ3v) is 6.21. The number of H-pyrrole nitrogens is 1. The molecule has 0 radical (unpaired) electrons. The number of para-hydroxylation sites is 1. The lowest BCUT2D eigenvalue weighted by Gasteiger charge is -2.16. The third kappa shape index (κ3) is 3.86. The molecule has 10 heteroatoms. The molecular formula is C22H24N6O3S. The number of nitrogens with one attached hydrogen (secondary N) is 1. The lowest BCUT2D eigenvalue weighted by Crippen LogP contribution is -2.39. The quantitative estimate of drug-likeness (QED) is 0.365. The number of rotatable bonds is 5. The fourth-order valence-electron chi connectivity index (χ4n) is 3.58. The molecular weight excluding hydrogens is 428 g/mol. The molecule has 9 nitrogen and oxygen atoms in total. The van der Waals surface area contributed by atoms with Crippen molar-refractivity contribution in [3.8, 4) is 0 Å². The predicted octanol–water partition coefficient (Wildman–Crippen LogP) is 2.54. The maximum atomic E-state index is 13.0. The second-order valence-corrected chi connectivity index (χ2v) is 9.48. The molecule has 4 aromatic rings. The zero-order chi connectivity index (χ0) is 23.2. The van der Waals surface area contributed by atoms with Crippen LogP contribution in [0.5, 0.6) is 0 Å². The highest BCUT2D eigenvalue weighted by atomic mass is 32.2. The highest BCUT2D eigenvalue weighted by molar-refractivity contribution is 7.99. The molecule has 0 saturated heterocycles. The molecule has 0 spiro atoms. The number of fused-ring (bicyclic) bond motifs is 2. The fourth-order valence-corrected chi connectivity index (χ4v) is 4.62. The van der Waals surface area contributed by atoms with Crippen LogP contribution in [0.25, 0.3) is 21.9 Å². The van der Waals surface area contributed by atoms with Gasteiger partial charge in [-0.2, -0.15) is 0 Å². The van der Waals surface area contributed by atoms with Crippen molar-refractivity contribution in [2.45, 2.75) is 44.5 Å². The number of aryl methyl sites for hydroxylation is 1. The standard InChI is InChI=1S/C22H24N6O3S/c1-11(2)10-28-18-16(21(30)27(5)22(28)31)20(24-13(4)23-18)32-12(3)17-25-15-9-7-6-8-14(15)19(29)26-17/h6-9,11-12H,10H2,1-5H3,(H,25,26,29)/t12-/m1/s1. The summed E-state index contributed by atoms with van der Waals surface area (Å²) in [6.45, 7) is 8.04. The molecule has 1 N–H and O–H groups in total. The zero-order valence-electron chi connectivity index (χ0n) is 18.5. The second-order valence-electron chi connectivity index (χ2n) is 8.15. The van der Waals surface area contributed by atoms with Crippen molar-refractivity contribution in [1.82, 2.24) is 29.1 Å². The van der Waals surface area contributed by atoms with Crippen LogP contribution < -0.4 is 16.8 Å². The van der Waals surface area contributed by atoms with E-state index in [9.17, 15) is 14.4 Å². The second kappa shape index (κ2) is 8.34. The monoisotopic (exact) mass is 452 g/mol. The highest BCUT2D eigenvalue weighted by Gasteiger charge is 2.21. The van der Waals surface area contributed by atoms with Crippen molar-refractivity contribution >= 4 is 33.7 Å². The Bertz CT molecular complexity index is 1520. The predicted molar refractivity (Wildman–Crippen MR) is 125 cm³/mol. The van der Waals surface area contributed by atoms with Crippen LogP contribution in [0.1, 0.15) is 37.7 Å². The number of nitrogens with zero attached hydrogens (tertiary/aromatic N) is 5. The van der Waals surface area contributed by atoms with Gasteiger partial charge in [0, 0.05) is 13.6 Å². The van der Waals surface area contributed by atoms with E-state index in [2.05, 4.69) is 19.9 Å². The minimum Gasteiger partial charge on any atom is -0.309 e. The summed E-state index contributed by atoms with van der Waals surface area (Å²) in [6.07, 6.45) is 0. The van der Waals surface area contributed by atoms with E-state index in [4.69, 9.17) is 0 Å². The number of benzene rings is 1. The van der Waals surface area contributed by atoms with Gasteiger partial charge in [0.2, 0.25) is 0 Å². The normalized spacial score (nSPS) is 12.7. The van der Waals surface area contributed by atoms with Crippen LogP contribution in [0.3, 0.4) is 0 Å². The molecule has 4 rings (SSSR count). The highest BCUT2D eigenvalue weighted by Crippen LogP contribution is 2.34. The molecule has 0 aliphatic rings. The van der Waals surface area contributed by atoms with E-state index in [-0.39, 0.29) is 16.7 Å². The van der Waals surface area contributed by atoms with Gasteiger partial charge >= 0.3 is 5.69 Å². The van der Waals surface area contributed by atoms with Crippen LogP contribution >= 0.6 is 11.8 Å². The first kappa shape index (κ1) is 21.9. The molecule has 0 unspecified atom stereocenters. The van der Waals surface area contributed by atoms with Gasteiger partial charge in [-0.3, -0.25) is 18.7 Å². The summed E-state index contributed by atoms with van der Waals surface area (Å²) in [4.78, 5) is 54.7. The van der Waals surface area contributed by atoms with Gasteiger partial charge in [0.15, 0.2) is 5.65 Å². The van der Waals surface area contributed by atoms with Crippen molar-refractivity contribution in [1.29, 1.82) is 0 Å². The van der Waals surface area contributed by atoms with E-state index in [1.807, 2.05) is 26.8 Å². The van der Waals surface area contributed by atoms with Gasteiger partial charge in [-0.15, -0.1) is 0 Å². The average molecular weight is 453 g/mol. The van der Waals surface area contributed by atoms with E-state index >= 15 is 0 Å². The number of hydrogen-bond donors (Lipinski definition) is 1. The largest absolute Gasteiger partial charge is 0.332 e. The van der Waals surface area contributed by atoms with Gasteiger partial charge < -0.3 is 4.98 Å². The lowest BCUT2D eigenvalue weighted by molar-refractivity contribution is 0.498. The maximum absolute atomic E-state index is 13.0. The van der Waals surface area contributed by atoms with Crippen molar-refractivity contribution in [2.75, 3.05) is 0 Å². The Morgan fingerprint density at radius 3 is 2.50 bits per heavy atom. The van der Waals surface area contributed by atoms with Crippen molar-refractivity contribution in [2.24, 2.45) is 13.0 Å². The molecule has 0 amide bonds. The van der Waals surface area contributed by atoms with Crippen LogP contribution in [0, 0.1) is 12.8 Å². The Hall–Kier alpha value is -3.27. The number of aromatic amines is 1. The smallest absolute Gasteiger partial charge is 0.309 e. The minimum atomic E-state index is -0.445. The molecule has 0 aliphatic heterocycles. The number of aromatic nitrogens is 6. The zero-order valence-corrected chi connectivity index (χ0v) is 19.4. The van der Waals surface area contributed by atoms with Crippen LogP contribution in [0.2, 0.25) is 0 Å². The van der Waals surface area contributed by atoms with E-state index in [0.717, 1.165) is 4.57 Å². The fraction of sp³-hybridized carbons (Fsp3) is 0.364. The molecule has 3 aromatic heterocycles. The van der Waals surface area contributed by atoms with Gasteiger partial charge in [-0.1, -0.05) is 37.7 Å². The molecule has 0 bridgehead atoms. The summed E-state index contributed by atoms with van der Waals surface area (Å²) in [5, 5.41) is 0.954. The van der Waals surface area contributed by atoms with E-state index in [1.54, 1.807) is 25.1 Å². The topological polar surface area (TPSA) is 116 Å². The Morgan fingerprint density at radius 2 is 1.78 bits per heavy atom. The Balaban J connectivity index is 1.88. The first-order valence-corrected chi connectivity index (χ1v) is 11.2. The Morgan fingerprint density at radius 1 is 1.06 bits per heavy atom. The molecule has 0 aliphatic carbocycles. The van der Waals surface area contributed by atoms with Crippen LogP contribution in [0.4, 0.5) is 0 Å². The van der Waals surface area contributed by atoms with Crippen molar-refractivity contribution in [3.05, 3.63) is 67.1 Å². The summed E-state index contributed by atoms with van der Waals surface area (Å²) in [6, 6.07) is 7.13. The first-order chi connectivity index (χ1) is 15.2. The average Bonchev–Trinajstić information content (AvgIpc) is 2.74. The van der Waals surface area contributed by atoms with Crippen LogP contribution in [-0.2, 0) is 13.6 Å². The Kier molecular flexibility index (Phi) is 5.72. The number of hydrogen-bond acceptors (Lipinski definition) is 7. The van der Waals surface area contributed by atoms with E-state index in [1.165, 1.54) is 23.4 Å². The summed E-state index contributed by atoms with van der Waals surface area (Å²) in [5.41, 5.74) is -0.139. The first-order valence-electron chi connectivity index (χ1n) is 10.3. The summed E-state index contributed by atoms with van der Waals surface area (Å²) in [5.74, 6) is 1.12. The minimum absolute atomic E-state index is 0.186. The van der Waals surface area contributed by atoms with Gasteiger partial charge in [-0.05, 0) is 31.9 Å². The molecule has 1 aromatic carbocycles. The van der Waals surface area contributed by atoms with Gasteiger partial charge in [-0.25, -0.2) is 19.7 Å².